The van der Waals surface area contributed by atoms with E-state index in [1.807, 2.05) is 0 Å². The van der Waals surface area contributed by atoms with E-state index in [0.717, 1.165) is 26.1 Å². The summed E-state index contributed by atoms with van der Waals surface area (Å²) in [5.74, 6) is -0.221. The first-order valence-electron chi connectivity index (χ1n) is 6.52. The van der Waals surface area contributed by atoms with E-state index in [0.29, 0.717) is 23.0 Å². The van der Waals surface area contributed by atoms with E-state index in [1.165, 1.54) is 6.07 Å². The third-order valence-electron chi connectivity index (χ3n) is 2.81. The SMILES string of the molecule is CCCNCC(C)NCCc1c(F)cccc1Cl. The van der Waals surface area contributed by atoms with E-state index in [4.69, 9.17) is 11.6 Å². The molecule has 0 amide bonds. The third kappa shape index (κ3) is 5.34. The molecule has 0 spiro atoms. The zero-order valence-electron chi connectivity index (χ0n) is 11.1. The molecule has 0 fully saturated rings. The van der Waals surface area contributed by atoms with Crippen LogP contribution in [-0.2, 0) is 6.42 Å². The smallest absolute Gasteiger partial charge is 0.127 e. The molecule has 0 saturated heterocycles. The molecule has 0 bridgehead atoms. The van der Waals surface area contributed by atoms with Gasteiger partial charge in [0.05, 0.1) is 0 Å². The Balaban J connectivity index is 2.29. The summed E-state index contributed by atoms with van der Waals surface area (Å²) >= 11 is 5.97. The van der Waals surface area contributed by atoms with Gasteiger partial charge in [-0.05, 0) is 45.0 Å². The van der Waals surface area contributed by atoms with Gasteiger partial charge in [-0.2, -0.15) is 0 Å². The Hall–Kier alpha value is -0.640. The van der Waals surface area contributed by atoms with Crippen molar-refractivity contribution < 1.29 is 4.39 Å². The summed E-state index contributed by atoms with van der Waals surface area (Å²) in [7, 11) is 0. The molecule has 0 aliphatic rings. The minimum atomic E-state index is -0.221. The van der Waals surface area contributed by atoms with Gasteiger partial charge in [-0.15, -0.1) is 0 Å². The lowest BCUT2D eigenvalue weighted by atomic mass is 10.1. The number of hydrogen-bond donors (Lipinski definition) is 2. The largest absolute Gasteiger partial charge is 0.315 e. The average Bonchev–Trinajstić information content (AvgIpc) is 2.33. The number of benzene rings is 1. The maximum Gasteiger partial charge on any atom is 0.127 e. The summed E-state index contributed by atoms with van der Waals surface area (Å²) in [6.07, 6.45) is 1.75. The van der Waals surface area contributed by atoms with Crippen LogP contribution in [0.4, 0.5) is 4.39 Å². The van der Waals surface area contributed by atoms with Crippen molar-refractivity contribution in [1.82, 2.24) is 10.6 Å². The lowest BCUT2D eigenvalue weighted by Gasteiger charge is -2.15. The van der Waals surface area contributed by atoms with Crippen molar-refractivity contribution in [1.29, 1.82) is 0 Å². The highest BCUT2D eigenvalue weighted by Gasteiger charge is 2.07. The van der Waals surface area contributed by atoms with Crippen molar-refractivity contribution in [3.8, 4) is 0 Å². The second-order valence-electron chi connectivity index (χ2n) is 4.51. The Morgan fingerprint density at radius 2 is 2.11 bits per heavy atom. The Morgan fingerprint density at radius 3 is 2.78 bits per heavy atom. The Bertz CT molecular complexity index is 337. The van der Waals surface area contributed by atoms with Crippen LogP contribution in [0.1, 0.15) is 25.8 Å². The first-order chi connectivity index (χ1) is 8.65. The van der Waals surface area contributed by atoms with E-state index in [-0.39, 0.29) is 5.82 Å². The molecule has 2 nitrogen and oxygen atoms in total. The highest BCUT2D eigenvalue weighted by Crippen LogP contribution is 2.18. The Kier molecular flexibility index (Phi) is 7.25. The second-order valence-corrected chi connectivity index (χ2v) is 4.92. The zero-order chi connectivity index (χ0) is 13.4. The monoisotopic (exact) mass is 272 g/mol. The van der Waals surface area contributed by atoms with Crippen LogP contribution in [0.5, 0.6) is 0 Å². The van der Waals surface area contributed by atoms with Crippen LogP contribution < -0.4 is 10.6 Å². The second kappa shape index (κ2) is 8.46. The molecule has 0 aromatic heterocycles. The van der Waals surface area contributed by atoms with Crippen molar-refractivity contribution in [3.63, 3.8) is 0 Å². The van der Waals surface area contributed by atoms with E-state index in [1.54, 1.807) is 12.1 Å². The van der Waals surface area contributed by atoms with E-state index < -0.39 is 0 Å². The fraction of sp³-hybridized carbons (Fsp3) is 0.571. The van der Waals surface area contributed by atoms with Crippen molar-refractivity contribution in [2.75, 3.05) is 19.6 Å². The molecule has 1 aromatic rings. The van der Waals surface area contributed by atoms with Crippen LogP contribution in [0, 0.1) is 5.82 Å². The van der Waals surface area contributed by atoms with Gasteiger partial charge in [0, 0.05) is 23.2 Å². The standard InChI is InChI=1S/C14H22ClFN2/c1-3-8-17-10-11(2)18-9-7-12-13(15)5-4-6-14(12)16/h4-6,11,17-18H,3,7-10H2,1-2H3. The zero-order valence-corrected chi connectivity index (χ0v) is 11.9. The first-order valence-corrected chi connectivity index (χ1v) is 6.90. The third-order valence-corrected chi connectivity index (χ3v) is 3.16. The van der Waals surface area contributed by atoms with Gasteiger partial charge >= 0.3 is 0 Å². The molecule has 0 aliphatic heterocycles. The topological polar surface area (TPSA) is 24.1 Å². The molecule has 1 aromatic carbocycles. The van der Waals surface area contributed by atoms with Crippen molar-refractivity contribution >= 4 is 11.6 Å². The van der Waals surface area contributed by atoms with Gasteiger partial charge in [0.25, 0.3) is 0 Å². The summed E-state index contributed by atoms with van der Waals surface area (Å²) in [6, 6.07) is 5.19. The van der Waals surface area contributed by atoms with E-state index >= 15 is 0 Å². The van der Waals surface area contributed by atoms with Crippen LogP contribution >= 0.6 is 11.6 Å². The maximum absolute atomic E-state index is 13.5. The van der Waals surface area contributed by atoms with Gasteiger partial charge in [-0.3, -0.25) is 0 Å². The number of hydrogen-bond acceptors (Lipinski definition) is 2. The molecule has 102 valence electrons. The van der Waals surface area contributed by atoms with Crippen molar-refractivity contribution in [2.45, 2.75) is 32.7 Å². The van der Waals surface area contributed by atoms with Gasteiger partial charge < -0.3 is 10.6 Å². The molecule has 1 rings (SSSR count). The molecule has 0 aliphatic carbocycles. The van der Waals surface area contributed by atoms with Gasteiger partial charge in [0.15, 0.2) is 0 Å². The van der Waals surface area contributed by atoms with Gasteiger partial charge in [0.1, 0.15) is 5.82 Å². The quantitative estimate of drug-likeness (QED) is 0.711. The van der Waals surface area contributed by atoms with Crippen molar-refractivity contribution in [3.05, 3.63) is 34.6 Å². The van der Waals surface area contributed by atoms with Crippen LogP contribution in [0.2, 0.25) is 5.02 Å². The lowest BCUT2D eigenvalue weighted by molar-refractivity contribution is 0.500. The van der Waals surface area contributed by atoms with E-state index in [9.17, 15) is 4.39 Å². The predicted octanol–water partition coefficient (Wildman–Crippen LogP) is 3.00. The minimum absolute atomic E-state index is 0.221. The number of rotatable bonds is 8. The fourth-order valence-corrected chi connectivity index (χ4v) is 2.04. The Labute approximate surface area is 114 Å². The number of nitrogens with one attached hydrogen (secondary N) is 2. The Morgan fingerprint density at radius 1 is 1.33 bits per heavy atom. The summed E-state index contributed by atoms with van der Waals surface area (Å²) in [5.41, 5.74) is 0.598. The minimum Gasteiger partial charge on any atom is -0.315 e. The van der Waals surface area contributed by atoms with E-state index in [2.05, 4.69) is 24.5 Å². The van der Waals surface area contributed by atoms with Crippen LogP contribution in [-0.4, -0.2) is 25.7 Å². The average molecular weight is 273 g/mol. The molecule has 18 heavy (non-hydrogen) atoms. The molecule has 1 atom stereocenters. The van der Waals surface area contributed by atoms with Gasteiger partial charge in [-0.1, -0.05) is 24.6 Å². The number of halogens is 2. The molecule has 2 N–H and O–H groups in total. The van der Waals surface area contributed by atoms with Gasteiger partial charge in [-0.25, -0.2) is 4.39 Å². The summed E-state index contributed by atoms with van der Waals surface area (Å²) < 4.78 is 13.5. The molecule has 0 saturated carbocycles. The summed E-state index contributed by atoms with van der Waals surface area (Å²) in [4.78, 5) is 0. The normalized spacial score (nSPS) is 12.7. The summed E-state index contributed by atoms with van der Waals surface area (Å²) in [5, 5.41) is 7.21. The molecule has 4 heteroatoms. The molecule has 0 heterocycles. The highest BCUT2D eigenvalue weighted by atomic mass is 35.5. The molecular weight excluding hydrogens is 251 g/mol. The van der Waals surface area contributed by atoms with Crippen LogP contribution in [0.3, 0.4) is 0 Å². The van der Waals surface area contributed by atoms with Crippen LogP contribution in [0.15, 0.2) is 18.2 Å². The first kappa shape index (κ1) is 15.4. The summed E-state index contributed by atoms with van der Waals surface area (Å²) in [6.45, 7) is 6.95. The van der Waals surface area contributed by atoms with Gasteiger partial charge in [0.2, 0.25) is 0 Å². The maximum atomic E-state index is 13.5. The predicted molar refractivity (Wildman–Crippen MR) is 75.7 cm³/mol. The molecule has 0 radical (unpaired) electrons. The fourth-order valence-electron chi connectivity index (χ4n) is 1.78. The molecular formula is C14H22ClFN2. The lowest BCUT2D eigenvalue weighted by Crippen LogP contribution is -2.37. The molecule has 1 unspecified atom stereocenters. The van der Waals surface area contributed by atoms with Crippen LogP contribution in [0.25, 0.3) is 0 Å². The van der Waals surface area contributed by atoms with Crippen molar-refractivity contribution in [2.24, 2.45) is 0 Å². The highest BCUT2D eigenvalue weighted by molar-refractivity contribution is 6.31.